The standard InChI is InChI=1S/C15H17NO4/c1-3-19-15(18)7-6-13(17)10-20-14-8-12(9-16)5-4-11(14)2/h4-5,8H,3,6-7,10H2,1-2H3. The van der Waals surface area contributed by atoms with E-state index in [1.165, 1.54) is 0 Å². The van der Waals surface area contributed by atoms with E-state index in [-0.39, 0.29) is 31.2 Å². The number of Topliss-reactive ketones (excluding diaryl/α,β-unsaturated/α-hetero) is 1. The van der Waals surface area contributed by atoms with Gasteiger partial charge in [-0.25, -0.2) is 0 Å². The quantitative estimate of drug-likeness (QED) is 0.713. The monoisotopic (exact) mass is 275 g/mol. The fourth-order valence-electron chi connectivity index (χ4n) is 1.53. The number of benzene rings is 1. The number of hydrogen-bond donors (Lipinski definition) is 0. The predicted octanol–water partition coefficient (Wildman–Crippen LogP) is 2.16. The molecule has 5 heteroatoms. The van der Waals surface area contributed by atoms with Gasteiger partial charge in [-0.05, 0) is 31.5 Å². The molecular formula is C15H17NO4. The Hall–Kier alpha value is -2.35. The zero-order valence-electron chi connectivity index (χ0n) is 11.6. The van der Waals surface area contributed by atoms with Crippen LogP contribution in [0.2, 0.25) is 0 Å². The minimum Gasteiger partial charge on any atom is -0.486 e. The number of esters is 1. The lowest BCUT2D eigenvalue weighted by atomic mass is 10.1. The van der Waals surface area contributed by atoms with Gasteiger partial charge in [-0.1, -0.05) is 6.07 Å². The highest BCUT2D eigenvalue weighted by molar-refractivity contribution is 5.84. The van der Waals surface area contributed by atoms with E-state index in [1.54, 1.807) is 25.1 Å². The number of ketones is 1. The van der Waals surface area contributed by atoms with Gasteiger partial charge in [0.1, 0.15) is 12.4 Å². The molecular weight excluding hydrogens is 258 g/mol. The van der Waals surface area contributed by atoms with E-state index in [4.69, 9.17) is 14.7 Å². The SMILES string of the molecule is CCOC(=O)CCC(=O)COc1cc(C#N)ccc1C. The number of hydrogen-bond acceptors (Lipinski definition) is 5. The van der Waals surface area contributed by atoms with Gasteiger partial charge in [-0.15, -0.1) is 0 Å². The zero-order valence-corrected chi connectivity index (χ0v) is 11.6. The van der Waals surface area contributed by atoms with Crippen LogP contribution < -0.4 is 4.74 Å². The first-order chi connectivity index (χ1) is 9.56. The molecule has 0 bridgehead atoms. The zero-order chi connectivity index (χ0) is 15.0. The molecule has 0 spiro atoms. The van der Waals surface area contributed by atoms with Crippen molar-refractivity contribution >= 4 is 11.8 Å². The lowest BCUT2D eigenvalue weighted by Gasteiger charge is -2.08. The van der Waals surface area contributed by atoms with Gasteiger partial charge in [0.25, 0.3) is 0 Å². The fourth-order valence-corrected chi connectivity index (χ4v) is 1.53. The van der Waals surface area contributed by atoms with Crippen molar-refractivity contribution in [2.24, 2.45) is 0 Å². The summed E-state index contributed by atoms with van der Waals surface area (Å²) >= 11 is 0. The predicted molar refractivity (Wildman–Crippen MR) is 72.3 cm³/mol. The number of carbonyl (C=O) groups is 2. The van der Waals surface area contributed by atoms with E-state index in [1.807, 2.05) is 13.0 Å². The summed E-state index contributed by atoms with van der Waals surface area (Å²) in [6.07, 6.45) is 0.156. The summed E-state index contributed by atoms with van der Waals surface area (Å²) in [5.41, 5.74) is 1.33. The average molecular weight is 275 g/mol. The molecule has 0 N–H and O–H groups in total. The maximum absolute atomic E-state index is 11.6. The van der Waals surface area contributed by atoms with Gasteiger partial charge in [0, 0.05) is 6.42 Å². The molecule has 0 fully saturated rings. The van der Waals surface area contributed by atoms with Gasteiger partial charge < -0.3 is 9.47 Å². The first-order valence-electron chi connectivity index (χ1n) is 6.37. The Morgan fingerprint density at radius 2 is 2.05 bits per heavy atom. The number of carbonyl (C=O) groups excluding carboxylic acids is 2. The van der Waals surface area contributed by atoms with Crippen LogP contribution in [0.25, 0.3) is 0 Å². The van der Waals surface area contributed by atoms with Crippen LogP contribution in [0.3, 0.4) is 0 Å². The molecule has 0 aromatic heterocycles. The Morgan fingerprint density at radius 1 is 1.30 bits per heavy atom. The smallest absolute Gasteiger partial charge is 0.306 e. The van der Waals surface area contributed by atoms with Crippen molar-refractivity contribution in [3.63, 3.8) is 0 Å². The summed E-state index contributed by atoms with van der Waals surface area (Å²) in [4.78, 5) is 22.7. The van der Waals surface area contributed by atoms with Gasteiger partial charge in [0.2, 0.25) is 0 Å². The Balaban J connectivity index is 2.45. The number of aryl methyl sites for hydroxylation is 1. The Labute approximate surface area is 118 Å². The molecule has 0 saturated carbocycles. The van der Waals surface area contributed by atoms with Crippen molar-refractivity contribution in [2.75, 3.05) is 13.2 Å². The molecule has 0 aliphatic carbocycles. The highest BCUT2D eigenvalue weighted by atomic mass is 16.5. The summed E-state index contributed by atoms with van der Waals surface area (Å²) in [6, 6.07) is 7.05. The second-order valence-electron chi connectivity index (χ2n) is 4.22. The molecule has 0 atom stereocenters. The third-order valence-electron chi connectivity index (χ3n) is 2.62. The van der Waals surface area contributed by atoms with Crippen LogP contribution in [-0.4, -0.2) is 25.0 Å². The number of nitrogens with zero attached hydrogens (tertiary/aromatic N) is 1. The van der Waals surface area contributed by atoms with Crippen LogP contribution >= 0.6 is 0 Å². The van der Waals surface area contributed by atoms with Crippen molar-refractivity contribution < 1.29 is 19.1 Å². The Morgan fingerprint density at radius 3 is 2.70 bits per heavy atom. The average Bonchev–Trinajstić information content (AvgIpc) is 2.44. The highest BCUT2D eigenvalue weighted by Gasteiger charge is 2.09. The van der Waals surface area contributed by atoms with Crippen LogP contribution in [0.15, 0.2) is 18.2 Å². The summed E-state index contributed by atoms with van der Waals surface area (Å²) in [7, 11) is 0. The number of ether oxygens (including phenoxy) is 2. The summed E-state index contributed by atoms with van der Waals surface area (Å²) in [5.74, 6) is -0.0585. The lowest BCUT2D eigenvalue weighted by molar-refractivity contribution is -0.144. The molecule has 5 nitrogen and oxygen atoms in total. The third-order valence-corrected chi connectivity index (χ3v) is 2.62. The molecule has 20 heavy (non-hydrogen) atoms. The largest absolute Gasteiger partial charge is 0.486 e. The van der Waals surface area contributed by atoms with Crippen LogP contribution in [-0.2, 0) is 14.3 Å². The second-order valence-corrected chi connectivity index (χ2v) is 4.22. The molecule has 0 unspecified atom stereocenters. The van der Waals surface area contributed by atoms with Gasteiger partial charge in [-0.2, -0.15) is 5.26 Å². The molecule has 106 valence electrons. The van der Waals surface area contributed by atoms with Crippen molar-refractivity contribution in [3.05, 3.63) is 29.3 Å². The summed E-state index contributed by atoms with van der Waals surface area (Å²) in [5, 5.41) is 8.80. The fraction of sp³-hybridized carbons (Fsp3) is 0.400. The highest BCUT2D eigenvalue weighted by Crippen LogP contribution is 2.19. The summed E-state index contributed by atoms with van der Waals surface area (Å²) in [6.45, 7) is 3.74. The molecule has 0 amide bonds. The second kappa shape index (κ2) is 7.95. The van der Waals surface area contributed by atoms with E-state index >= 15 is 0 Å². The maximum atomic E-state index is 11.6. The lowest BCUT2D eigenvalue weighted by Crippen LogP contribution is -2.14. The minimum atomic E-state index is -0.386. The van der Waals surface area contributed by atoms with Crippen molar-refractivity contribution in [1.29, 1.82) is 5.26 Å². The molecule has 1 aromatic rings. The topological polar surface area (TPSA) is 76.4 Å². The van der Waals surface area contributed by atoms with E-state index in [0.717, 1.165) is 5.56 Å². The van der Waals surface area contributed by atoms with Crippen LogP contribution in [0.4, 0.5) is 0 Å². The first-order valence-corrected chi connectivity index (χ1v) is 6.37. The van der Waals surface area contributed by atoms with E-state index < -0.39 is 0 Å². The van der Waals surface area contributed by atoms with Crippen LogP contribution in [0, 0.1) is 18.3 Å². The van der Waals surface area contributed by atoms with E-state index in [0.29, 0.717) is 17.9 Å². The van der Waals surface area contributed by atoms with E-state index in [2.05, 4.69) is 0 Å². The van der Waals surface area contributed by atoms with Crippen molar-refractivity contribution in [3.8, 4) is 11.8 Å². The van der Waals surface area contributed by atoms with Gasteiger partial charge in [0.05, 0.1) is 24.7 Å². The molecule has 0 aliphatic heterocycles. The van der Waals surface area contributed by atoms with E-state index in [9.17, 15) is 9.59 Å². The van der Waals surface area contributed by atoms with Gasteiger partial charge in [-0.3, -0.25) is 9.59 Å². The normalized spacial score (nSPS) is 9.65. The number of nitriles is 1. The molecule has 1 rings (SSSR count). The molecule has 0 saturated heterocycles. The molecule has 0 heterocycles. The Bertz CT molecular complexity index is 531. The molecule has 0 aliphatic rings. The van der Waals surface area contributed by atoms with Crippen LogP contribution in [0.1, 0.15) is 30.9 Å². The van der Waals surface area contributed by atoms with Gasteiger partial charge in [0.15, 0.2) is 5.78 Å². The Kier molecular flexibility index (Phi) is 6.24. The van der Waals surface area contributed by atoms with Crippen molar-refractivity contribution in [2.45, 2.75) is 26.7 Å². The first kappa shape index (κ1) is 15.7. The van der Waals surface area contributed by atoms with Crippen LogP contribution in [0.5, 0.6) is 5.75 Å². The molecule has 1 aromatic carbocycles. The minimum absolute atomic E-state index is 0.0627. The third kappa shape index (κ3) is 5.11. The van der Waals surface area contributed by atoms with Crippen molar-refractivity contribution in [1.82, 2.24) is 0 Å². The number of rotatable bonds is 7. The maximum Gasteiger partial charge on any atom is 0.306 e. The summed E-state index contributed by atoms with van der Waals surface area (Å²) < 4.78 is 10.1. The molecule has 0 radical (unpaired) electrons. The van der Waals surface area contributed by atoms with Gasteiger partial charge >= 0.3 is 5.97 Å².